The fourth-order valence-corrected chi connectivity index (χ4v) is 1.50. The first-order chi connectivity index (χ1) is 7.82. The Kier molecular flexibility index (Phi) is 3.55. The molecule has 0 amide bonds. The number of hydrogen-bond donors (Lipinski definition) is 0. The van der Waals surface area contributed by atoms with Crippen LogP contribution in [0.4, 0.5) is 13.2 Å². The normalized spacial score (nSPS) is 11.1. The minimum absolute atomic E-state index is 0.0919. The number of ketones is 1. The first-order valence-electron chi connectivity index (χ1n) is 4.57. The fraction of sp³-hybridized carbons (Fsp3) is 0.273. The highest BCUT2D eigenvalue weighted by Gasteiger charge is 2.36. The number of methoxy groups -OCH3 is 1. The van der Waals surface area contributed by atoms with Crippen LogP contribution in [0.2, 0.25) is 0 Å². The molecule has 0 saturated heterocycles. The Bertz CT molecular complexity index is 464. The molecule has 0 aliphatic heterocycles. The van der Waals surface area contributed by atoms with Gasteiger partial charge in [-0.1, -0.05) is 0 Å². The first-order valence-corrected chi connectivity index (χ1v) is 4.57. The molecule has 0 heterocycles. The van der Waals surface area contributed by atoms with Crippen molar-refractivity contribution in [3.63, 3.8) is 0 Å². The highest BCUT2D eigenvalue weighted by atomic mass is 19.4. The molecule has 1 aromatic rings. The predicted octanol–water partition coefficient (Wildman–Crippen LogP) is 2.73. The van der Waals surface area contributed by atoms with E-state index in [2.05, 4.69) is 0 Å². The number of carbonyl (C=O) groups excluding carboxylic acids is 2. The summed E-state index contributed by atoms with van der Waals surface area (Å²) in [6.07, 6.45) is -4.33. The van der Waals surface area contributed by atoms with E-state index >= 15 is 0 Å². The third-order valence-electron chi connectivity index (χ3n) is 2.18. The van der Waals surface area contributed by atoms with Gasteiger partial charge in [-0.2, -0.15) is 13.2 Å². The van der Waals surface area contributed by atoms with Gasteiger partial charge < -0.3 is 4.74 Å². The van der Waals surface area contributed by atoms with Crippen molar-refractivity contribution in [1.82, 2.24) is 0 Å². The molecule has 0 bridgehead atoms. The van der Waals surface area contributed by atoms with E-state index < -0.39 is 23.1 Å². The topological polar surface area (TPSA) is 43.4 Å². The number of Topliss-reactive ketones (excluding diaryl/α,β-unsaturated/α-hetero) is 1. The zero-order chi connectivity index (χ0) is 13.2. The average molecular weight is 246 g/mol. The van der Waals surface area contributed by atoms with Gasteiger partial charge in [-0.15, -0.1) is 0 Å². The molecular formula is C11H9F3O3. The number of carbonyl (C=O) groups is 2. The Labute approximate surface area is 95.2 Å². The average Bonchev–Trinajstić information content (AvgIpc) is 2.25. The maximum atomic E-state index is 12.7. The predicted molar refractivity (Wildman–Crippen MR) is 53.4 cm³/mol. The molecule has 0 aromatic heterocycles. The van der Waals surface area contributed by atoms with E-state index in [1.165, 1.54) is 0 Å². The van der Waals surface area contributed by atoms with Crippen LogP contribution in [0.25, 0.3) is 0 Å². The highest BCUT2D eigenvalue weighted by molar-refractivity contribution is 6.01. The van der Waals surface area contributed by atoms with Crippen LogP contribution >= 0.6 is 0 Å². The third kappa shape index (κ3) is 2.46. The van der Waals surface area contributed by atoms with Crippen LogP contribution in [-0.2, 0) is 6.18 Å². The first kappa shape index (κ1) is 13.2. The van der Waals surface area contributed by atoms with E-state index in [1.54, 1.807) is 0 Å². The molecule has 1 rings (SSSR count). The number of benzene rings is 1. The van der Waals surface area contributed by atoms with Gasteiger partial charge >= 0.3 is 6.18 Å². The van der Waals surface area contributed by atoms with Crippen LogP contribution in [0.15, 0.2) is 12.1 Å². The molecule has 6 heteroatoms. The van der Waals surface area contributed by atoms with E-state index in [4.69, 9.17) is 4.74 Å². The monoisotopic (exact) mass is 246 g/mol. The summed E-state index contributed by atoms with van der Waals surface area (Å²) in [6.45, 7) is 0.988. The molecule has 0 radical (unpaired) electrons. The van der Waals surface area contributed by atoms with E-state index in [-0.39, 0.29) is 11.3 Å². The van der Waals surface area contributed by atoms with E-state index in [0.717, 1.165) is 20.1 Å². The summed E-state index contributed by atoms with van der Waals surface area (Å²) in [5.41, 5.74) is -1.82. The van der Waals surface area contributed by atoms with Crippen LogP contribution in [0, 0.1) is 0 Å². The van der Waals surface area contributed by atoms with Crippen LogP contribution in [0.1, 0.15) is 33.2 Å². The minimum atomic E-state index is -4.67. The van der Waals surface area contributed by atoms with E-state index in [0.29, 0.717) is 12.4 Å². The van der Waals surface area contributed by atoms with Gasteiger partial charge in [0.2, 0.25) is 0 Å². The van der Waals surface area contributed by atoms with Gasteiger partial charge in [-0.25, -0.2) is 0 Å². The Balaban J connectivity index is 3.65. The van der Waals surface area contributed by atoms with Crippen molar-refractivity contribution in [3.8, 4) is 5.75 Å². The van der Waals surface area contributed by atoms with Crippen molar-refractivity contribution in [1.29, 1.82) is 0 Å². The van der Waals surface area contributed by atoms with Crippen molar-refractivity contribution in [3.05, 3.63) is 28.8 Å². The summed E-state index contributed by atoms with van der Waals surface area (Å²) < 4.78 is 42.7. The standard InChI is InChI=1S/C11H9F3O3/c1-6(16)9-8(11(12,13)14)4-3-7(5-15)10(9)17-2/h3-5H,1-2H3. The van der Waals surface area contributed by atoms with Crippen molar-refractivity contribution in [2.75, 3.05) is 7.11 Å². The lowest BCUT2D eigenvalue weighted by molar-refractivity contribution is -0.138. The van der Waals surface area contributed by atoms with Crippen LogP contribution < -0.4 is 4.74 Å². The molecule has 0 N–H and O–H groups in total. The molecular weight excluding hydrogens is 237 g/mol. The lowest BCUT2D eigenvalue weighted by Crippen LogP contribution is -2.14. The Morgan fingerprint density at radius 2 is 1.94 bits per heavy atom. The number of hydrogen-bond acceptors (Lipinski definition) is 3. The van der Waals surface area contributed by atoms with Crippen molar-refractivity contribution >= 4 is 12.1 Å². The molecule has 0 unspecified atom stereocenters. The Morgan fingerprint density at radius 1 is 1.35 bits per heavy atom. The van der Waals surface area contributed by atoms with E-state index in [9.17, 15) is 22.8 Å². The maximum Gasteiger partial charge on any atom is 0.417 e. The SMILES string of the molecule is COc1c(C=O)ccc(C(F)(F)F)c1C(C)=O. The number of ether oxygens (including phenoxy) is 1. The molecule has 92 valence electrons. The molecule has 0 atom stereocenters. The quantitative estimate of drug-likeness (QED) is 0.608. The molecule has 17 heavy (non-hydrogen) atoms. The zero-order valence-corrected chi connectivity index (χ0v) is 9.09. The van der Waals surface area contributed by atoms with E-state index in [1.807, 2.05) is 0 Å². The minimum Gasteiger partial charge on any atom is -0.495 e. The van der Waals surface area contributed by atoms with Gasteiger partial charge in [0.1, 0.15) is 5.75 Å². The fourth-order valence-electron chi connectivity index (χ4n) is 1.50. The maximum absolute atomic E-state index is 12.7. The Hall–Kier alpha value is -1.85. The van der Waals surface area contributed by atoms with Gasteiger partial charge in [-0.05, 0) is 19.1 Å². The molecule has 0 aliphatic carbocycles. The number of alkyl halides is 3. The summed E-state index contributed by atoms with van der Waals surface area (Å²) in [5, 5.41) is 0. The molecule has 0 saturated carbocycles. The molecule has 0 fully saturated rings. The van der Waals surface area contributed by atoms with Gasteiger partial charge in [0.25, 0.3) is 0 Å². The Morgan fingerprint density at radius 3 is 2.29 bits per heavy atom. The second kappa shape index (κ2) is 4.57. The van der Waals surface area contributed by atoms with Crippen LogP contribution in [-0.4, -0.2) is 19.2 Å². The number of rotatable bonds is 3. The summed E-state index contributed by atoms with van der Waals surface area (Å²) in [4.78, 5) is 21.9. The molecule has 1 aromatic carbocycles. The molecule has 3 nitrogen and oxygen atoms in total. The molecule has 0 spiro atoms. The van der Waals surface area contributed by atoms with Gasteiger partial charge in [0.15, 0.2) is 12.1 Å². The third-order valence-corrected chi connectivity index (χ3v) is 2.18. The van der Waals surface area contributed by atoms with Gasteiger partial charge in [-0.3, -0.25) is 9.59 Å². The highest BCUT2D eigenvalue weighted by Crippen LogP contribution is 2.37. The van der Waals surface area contributed by atoms with Gasteiger partial charge in [0, 0.05) is 0 Å². The number of aldehydes is 1. The van der Waals surface area contributed by atoms with Gasteiger partial charge in [0.05, 0.1) is 23.8 Å². The molecule has 0 aliphatic rings. The lowest BCUT2D eigenvalue weighted by Gasteiger charge is -2.15. The summed E-state index contributed by atoms with van der Waals surface area (Å²) in [5.74, 6) is -1.15. The summed E-state index contributed by atoms with van der Waals surface area (Å²) in [7, 11) is 1.11. The second-order valence-corrected chi connectivity index (χ2v) is 3.28. The van der Waals surface area contributed by atoms with Crippen molar-refractivity contribution < 1.29 is 27.5 Å². The summed E-state index contributed by atoms with van der Waals surface area (Å²) in [6, 6.07) is 1.67. The second-order valence-electron chi connectivity index (χ2n) is 3.28. The smallest absolute Gasteiger partial charge is 0.417 e. The largest absolute Gasteiger partial charge is 0.495 e. The lowest BCUT2D eigenvalue weighted by atomic mass is 9.99. The summed E-state index contributed by atoms with van der Waals surface area (Å²) >= 11 is 0. The van der Waals surface area contributed by atoms with Crippen LogP contribution in [0.5, 0.6) is 5.75 Å². The zero-order valence-electron chi connectivity index (χ0n) is 9.09. The van der Waals surface area contributed by atoms with Crippen LogP contribution in [0.3, 0.4) is 0 Å². The van der Waals surface area contributed by atoms with Crippen molar-refractivity contribution in [2.45, 2.75) is 13.1 Å². The number of halogens is 3. The van der Waals surface area contributed by atoms with Crippen molar-refractivity contribution in [2.24, 2.45) is 0 Å².